The molecule has 44 heavy (non-hydrogen) atoms. The Bertz CT molecular complexity index is 1370. The lowest BCUT2D eigenvalue weighted by Crippen LogP contribution is -2.43. The molecule has 1 aromatic carbocycles. The Labute approximate surface area is 249 Å². The molecule has 0 aliphatic carbocycles. The zero-order valence-electron chi connectivity index (χ0n) is 24.3. The van der Waals surface area contributed by atoms with Crippen LogP contribution < -0.4 is 21.1 Å². The lowest BCUT2D eigenvalue weighted by atomic mass is 9.85. The second-order valence-electron chi connectivity index (χ2n) is 11.0. The summed E-state index contributed by atoms with van der Waals surface area (Å²) in [5.41, 5.74) is 1.20. The Hall–Kier alpha value is -4.05. The molecule has 1 aliphatic heterocycles. The number of pyridine rings is 1. The van der Waals surface area contributed by atoms with Crippen LogP contribution in [0.5, 0.6) is 5.75 Å². The lowest BCUT2D eigenvalue weighted by molar-refractivity contribution is -0.261. The highest BCUT2D eigenvalue weighted by Crippen LogP contribution is 2.51. The van der Waals surface area contributed by atoms with E-state index in [0.29, 0.717) is 6.07 Å². The molecule has 11 nitrogen and oxygen atoms in total. The van der Waals surface area contributed by atoms with Crippen LogP contribution in [0.2, 0.25) is 0 Å². The monoisotopic (exact) mass is 632 g/mol. The number of nitrogens with one attached hydrogen (secondary N) is 2. The van der Waals surface area contributed by atoms with Gasteiger partial charge in [0.1, 0.15) is 24.0 Å². The molecule has 1 fully saturated rings. The fraction of sp³-hybridized carbons (Fsp3) is 0.500. The first-order valence-corrected chi connectivity index (χ1v) is 13.4. The van der Waals surface area contributed by atoms with Crippen molar-refractivity contribution in [1.82, 2.24) is 10.3 Å². The zero-order chi connectivity index (χ0) is 32.9. The van der Waals surface area contributed by atoms with E-state index in [2.05, 4.69) is 15.6 Å². The molecule has 3 atom stereocenters. The third-order valence-corrected chi connectivity index (χ3v) is 6.37. The van der Waals surface area contributed by atoms with Crippen LogP contribution in [-0.2, 0) is 19.0 Å². The molecule has 242 valence electrons. The SMILES string of the molecule is CC(C)(C)OC(=O)NCCOCCOc1c([C@@H]2C[C@](C)(C(F)(F)F)O[C@H]2C(=O)Nc2ccnc(C(N)=O)c2)ccc(F)c1F. The van der Waals surface area contributed by atoms with Crippen molar-refractivity contribution in [2.75, 3.05) is 31.7 Å². The number of benzene rings is 1. The molecule has 2 aromatic rings. The summed E-state index contributed by atoms with van der Waals surface area (Å²) in [6.07, 6.45) is -7.11. The molecule has 1 aliphatic rings. The number of aromatic nitrogens is 1. The fourth-order valence-electron chi connectivity index (χ4n) is 4.32. The van der Waals surface area contributed by atoms with Crippen LogP contribution in [0.3, 0.4) is 0 Å². The minimum atomic E-state index is -4.93. The number of hydrogen-bond donors (Lipinski definition) is 3. The number of carbonyl (C=O) groups is 3. The third-order valence-electron chi connectivity index (χ3n) is 6.37. The van der Waals surface area contributed by atoms with Gasteiger partial charge in [-0.3, -0.25) is 14.6 Å². The van der Waals surface area contributed by atoms with Gasteiger partial charge in [-0.05, 0) is 52.3 Å². The summed E-state index contributed by atoms with van der Waals surface area (Å²) in [5, 5.41) is 4.82. The van der Waals surface area contributed by atoms with E-state index in [1.54, 1.807) is 20.8 Å². The normalized spacial score (nSPS) is 20.2. The number of alkyl halides is 3. The van der Waals surface area contributed by atoms with Gasteiger partial charge < -0.3 is 35.3 Å². The summed E-state index contributed by atoms with van der Waals surface area (Å²) in [5.74, 6) is -6.93. The molecule has 0 radical (unpaired) electrons. The Morgan fingerprint density at radius 2 is 1.82 bits per heavy atom. The van der Waals surface area contributed by atoms with Crippen molar-refractivity contribution >= 4 is 23.6 Å². The van der Waals surface area contributed by atoms with E-state index in [-0.39, 0.29) is 43.3 Å². The van der Waals surface area contributed by atoms with Gasteiger partial charge in [-0.2, -0.15) is 17.6 Å². The van der Waals surface area contributed by atoms with Gasteiger partial charge in [0.05, 0.1) is 13.2 Å². The topological polar surface area (TPSA) is 151 Å². The number of rotatable bonds is 11. The highest BCUT2D eigenvalue weighted by atomic mass is 19.4. The predicted octanol–water partition coefficient (Wildman–Crippen LogP) is 4.21. The number of ether oxygens (including phenoxy) is 4. The molecule has 0 saturated carbocycles. The molecular weight excluding hydrogens is 599 g/mol. The van der Waals surface area contributed by atoms with E-state index in [1.807, 2.05) is 0 Å². The van der Waals surface area contributed by atoms with Crippen LogP contribution >= 0.6 is 0 Å². The molecule has 2 heterocycles. The van der Waals surface area contributed by atoms with Crippen molar-refractivity contribution < 1.29 is 55.3 Å². The Morgan fingerprint density at radius 3 is 2.45 bits per heavy atom. The van der Waals surface area contributed by atoms with Crippen LogP contribution in [0.1, 0.15) is 56.1 Å². The van der Waals surface area contributed by atoms with Gasteiger partial charge in [0.15, 0.2) is 17.2 Å². The van der Waals surface area contributed by atoms with Crippen LogP contribution in [0.15, 0.2) is 30.5 Å². The standard InChI is InChI=1S/C28H33F5N4O7/c1-26(2,3)44-25(40)36-9-10-41-11-12-42-21-16(5-6-18(29)20(21)30)17-14-27(4,28(31,32)33)43-22(17)24(39)37-15-7-8-35-19(13-15)23(34)38/h5-8,13,17,22H,9-12,14H2,1-4H3,(H2,34,38)(H,36,40)(H,35,37,39)/t17-,22+,27+/m0/s1. The summed E-state index contributed by atoms with van der Waals surface area (Å²) in [4.78, 5) is 40.1. The first kappa shape index (κ1) is 34.4. The molecule has 0 unspecified atom stereocenters. The van der Waals surface area contributed by atoms with Crippen LogP contribution in [0.4, 0.5) is 32.4 Å². The minimum absolute atomic E-state index is 0.0101. The Morgan fingerprint density at radius 1 is 1.11 bits per heavy atom. The number of halogens is 5. The Balaban J connectivity index is 1.77. The highest BCUT2D eigenvalue weighted by Gasteiger charge is 2.61. The van der Waals surface area contributed by atoms with Crippen molar-refractivity contribution in [3.8, 4) is 5.75 Å². The molecule has 1 aromatic heterocycles. The van der Waals surface area contributed by atoms with E-state index in [4.69, 9.17) is 24.7 Å². The van der Waals surface area contributed by atoms with Crippen LogP contribution in [0, 0.1) is 11.6 Å². The van der Waals surface area contributed by atoms with E-state index >= 15 is 0 Å². The molecule has 0 spiro atoms. The van der Waals surface area contributed by atoms with E-state index in [9.17, 15) is 36.3 Å². The number of carbonyl (C=O) groups excluding carboxylic acids is 3. The van der Waals surface area contributed by atoms with Crippen molar-refractivity contribution in [3.05, 3.63) is 53.4 Å². The summed E-state index contributed by atoms with van der Waals surface area (Å²) in [6.45, 7) is 5.38. The fourth-order valence-corrected chi connectivity index (χ4v) is 4.32. The second-order valence-corrected chi connectivity index (χ2v) is 11.0. The maximum atomic E-state index is 15.0. The molecular formula is C28H33F5N4O7. The smallest absolute Gasteiger partial charge is 0.417 e. The summed E-state index contributed by atoms with van der Waals surface area (Å²) in [6, 6.07) is 4.11. The van der Waals surface area contributed by atoms with Gasteiger partial charge in [-0.15, -0.1) is 0 Å². The lowest BCUT2D eigenvalue weighted by Gasteiger charge is -2.27. The summed E-state index contributed by atoms with van der Waals surface area (Å²) in [7, 11) is 0. The first-order valence-electron chi connectivity index (χ1n) is 13.4. The van der Waals surface area contributed by atoms with Crippen LogP contribution in [-0.4, -0.2) is 72.7 Å². The molecule has 0 bridgehead atoms. The zero-order valence-corrected chi connectivity index (χ0v) is 24.3. The number of nitrogens with zero attached hydrogens (tertiary/aromatic N) is 1. The maximum absolute atomic E-state index is 15.0. The number of nitrogens with two attached hydrogens (primary N) is 1. The number of alkyl carbamates (subject to hydrolysis) is 1. The van der Waals surface area contributed by atoms with Crippen molar-refractivity contribution in [1.29, 1.82) is 0 Å². The van der Waals surface area contributed by atoms with Gasteiger partial charge >= 0.3 is 12.3 Å². The van der Waals surface area contributed by atoms with E-state index in [1.165, 1.54) is 6.07 Å². The van der Waals surface area contributed by atoms with Crippen molar-refractivity contribution in [3.63, 3.8) is 0 Å². The van der Waals surface area contributed by atoms with Gasteiger partial charge in [0.2, 0.25) is 5.82 Å². The van der Waals surface area contributed by atoms with Gasteiger partial charge in [0, 0.05) is 29.9 Å². The minimum Gasteiger partial charge on any atom is -0.488 e. The quantitative estimate of drug-likeness (QED) is 0.246. The number of amides is 3. The second kappa shape index (κ2) is 13.7. The first-order chi connectivity index (χ1) is 20.4. The Kier molecular flexibility index (Phi) is 10.7. The third kappa shape index (κ3) is 8.75. The molecule has 16 heteroatoms. The van der Waals surface area contributed by atoms with E-state index in [0.717, 1.165) is 25.3 Å². The van der Waals surface area contributed by atoms with Crippen molar-refractivity contribution in [2.24, 2.45) is 5.73 Å². The number of hydrogen-bond acceptors (Lipinski definition) is 8. The number of primary amides is 1. The molecule has 1 saturated heterocycles. The van der Waals surface area contributed by atoms with Gasteiger partial charge in [0.25, 0.3) is 11.8 Å². The van der Waals surface area contributed by atoms with Gasteiger partial charge in [-0.25, -0.2) is 9.18 Å². The number of anilines is 1. The maximum Gasteiger partial charge on any atom is 0.417 e. The van der Waals surface area contributed by atoms with E-state index < -0.39 is 71.1 Å². The predicted molar refractivity (Wildman–Crippen MR) is 145 cm³/mol. The average molecular weight is 633 g/mol. The molecule has 3 amide bonds. The molecule has 4 N–H and O–H groups in total. The highest BCUT2D eigenvalue weighted by molar-refractivity contribution is 5.97. The summed E-state index contributed by atoms with van der Waals surface area (Å²) >= 11 is 0. The summed E-state index contributed by atoms with van der Waals surface area (Å²) < 4.78 is 92.4. The average Bonchev–Trinajstić information content (AvgIpc) is 3.28. The van der Waals surface area contributed by atoms with Gasteiger partial charge in [-0.1, -0.05) is 6.07 Å². The van der Waals surface area contributed by atoms with Crippen molar-refractivity contribution in [2.45, 2.75) is 63.5 Å². The van der Waals surface area contributed by atoms with Crippen LogP contribution in [0.25, 0.3) is 0 Å². The molecule has 3 rings (SSSR count). The largest absolute Gasteiger partial charge is 0.488 e.